The van der Waals surface area contributed by atoms with E-state index in [2.05, 4.69) is 38.4 Å². The Labute approximate surface area is 125 Å². The third-order valence-corrected chi connectivity index (χ3v) is 3.80. The van der Waals surface area contributed by atoms with Gasteiger partial charge in [0, 0.05) is 17.2 Å². The molecule has 1 aromatic carbocycles. The molecule has 0 aliphatic carbocycles. The van der Waals surface area contributed by atoms with Gasteiger partial charge in [-0.15, -0.1) is 11.8 Å². The number of rotatable bonds is 5. The van der Waals surface area contributed by atoms with Crippen molar-refractivity contribution in [3.8, 4) is 0 Å². The number of nitrogens with zero attached hydrogens (tertiary/aromatic N) is 1. The number of thioether (sulfide) groups is 1. The van der Waals surface area contributed by atoms with Crippen molar-refractivity contribution in [2.24, 2.45) is 0 Å². The summed E-state index contributed by atoms with van der Waals surface area (Å²) in [7, 11) is 0. The second-order valence-electron chi connectivity index (χ2n) is 3.76. The van der Waals surface area contributed by atoms with Crippen LogP contribution in [0.5, 0.6) is 0 Å². The zero-order chi connectivity index (χ0) is 13.5. The lowest BCUT2D eigenvalue weighted by Crippen LogP contribution is -2.26. The van der Waals surface area contributed by atoms with E-state index in [0.717, 1.165) is 5.75 Å². The van der Waals surface area contributed by atoms with Crippen LogP contribution in [0.2, 0.25) is 0 Å². The first-order chi connectivity index (χ1) is 9.25. The van der Waals surface area contributed by atoms with Gasteiger partial charge in [0.1, 0.15) is 10.3 Å². The molecule has 0 saturated carbocycles. The maximum absolute atomic E-state index is 11.8. The summed E-state index contributed by atoms with van der Waals surface area (Å²) in [5.41, 5.74) is 0.430. The van der Waals surface area contributed by atoms with Crippen LogP contribution in [0.1, 0.15) is 10.5 Å². The van der Waals surface area contributed by atoms with Gasteiger partial charge in [-0.1, -0.05) is 24.3 Å². The van der Waals surface area contributed by atoms with E-state index in [4.69, 9.17) is 0 Å². The fourth-order valence-electron chi connectivity index (χ4n) is 1.48. The molecule has 2 aromatic rings. The lowest BCUT2D eigenvalue weighted by molar-refractivity contribution is 0.0951. The largest absolute Gasteiger partial charge is 0.350 e. The third kappa shape index (κ3) is 4.69. The van der Waals surface area contributed by atoms with Crippen molar-refractivity contribution in [3.63, 3.8) is 0 Å². The predicted octanol–water partition coefficient (Wildman–Crippen LogP) is 3.37. The topological polar surface area (TPSA) is 42.0 Å². The fraction of sp³-hybridized carbons (Fsp3) is 0.143. The van der Waals surface area contributed by atoms with Crippen LogP contribution in [-0.4, -0.2) is 23.2 Å². The predicted molar refractivity (Wildman–Crippen MR) is 81.4 cm³/mol. The maximum Gasteiger partial charge on any atom is 0.269 e. The lowest BCUT2D eigenvalue weighted by Gasteiger charge is -2.05. The molecule has 19 heavy (non-hydrogen) atoms. The van der Waals surface area contributed by atoms with Gasteiger partial charge in [0.05, 0.1) is 0 Å². The molecular weight excluding hydrogens is 324 g/mol. The molecule has 0 saturated heterocycles. The van der Waals surface area contributed by atoms with E-state index < -0.39 is 0 Å². The number of pyridine rings is 1. The minimum atomic E-state index is -0.144. The number of carbonyl (C=O) groups is 1. The van der Waals surface area contributed by atoms with Crippen LogP contribution >= 0.6 is 27.7 Å². The second kappa shape index (κ2) is 7.31. The normalized spacial score (nSPS) is 10.2. The van der Waals surface area contributed by atoms with Gasteiger partial charge in [0.25, 0.3) is 5.91 Å². The number of aromatic nitrogens is 1. The molecule has 0 radical (unpaired) electrons. The molecule has 98 valence electrons. The lowest BCUT2D eigenvalue weighted by atomic mass is 10.3. The first-order valence-corrected chi connectivity index (χ1v) is 7.62. The van der Waals surface area contributed by atoms with E-state index in [1.165, 1.54) is 4.90 Å². The van der Waals surface area contributed by atoms with Crippen molar-refractivity contribution in [1.82, 2.24) is 10.3 Å². The molecule has 1 heterocycles. The number of benzene rings is 1. The molecule has 0 bridgehead atoms. The molecule has 1 N–H and O–H groups in total. The van der Waals surface area contributed by atoms with Crippen LogP contribution in [0.15, 0.2) is 58.0 Å². The molecule has 0 aliphatic rings. The number of amides is 1. The summed E-state index contributed by atoms with van der Waals surface area (Å²) in [6.45, 7) is 0.618. The van der Waals surface area contributed by atoms with E-state index in [0.29, 0.717) is 16.8 Å². The molecule has 0 unspecified atom stereocenters. The van der Waals surface area contributed by atoms with Crippen LogP contribution in [-0.2, 0) is 0 Å². The first kappa shape index (κ1) is 14.1. The smallest absolute Gasteiger partial charge is 0.269 e. The Morgan fingerprint density at radius 3 is 2.68 bits per heavy atom. The Morgan fingerprint density at radius 1 is 1.16 bits per heavy atom. The summed E-state index contributed by atoms with van der Waals surface area (Å²) in [5, 5.41) is 2.85. The van der Waals surface area contributed by atoms with Crippen LogP contribution in [0.4, 0.5) is 0 Å². The average molecular weight is 337 g/mol. The fourth-order valence-corrected chi connectivity index (χ4v) is 2.61. The molecule has 5 heteroatoms. The van der Waals surface area contributed by atoms with Gasteiger partial charge < -0.3 is 5.32 Å². The van der Waals surface area contributed by atoms with E-state index in [1.54, 1.807) is 30.0 Å². The Balaban J connectivity index is 1.75. The molecule has 1 amide bonds. The molecule has 2 rings (SSSR count). The first-order valence-electron chi connectivity index (χ1n) is 5.84. The second-order valence-corrected chi connectivity index (χ2v) is 5.74. The van der Waals surface area contributed by atoms with Crippen LogP contribution in [0.3, 0.4) is 0 Å². The van der Waals surface area contributed by atoms with Crippen LogP contribution < -0.4 is 5.32 Å². The highest BCUT2D eigenvalue weighted by Crippen LogP contribution is 2.15. The number of carbonyl (C=O) groups excluding carboxylic acids is 1. The number of halogens is 1. The highest BCUT2D eigenvalue weighted by Gasteiger charge is 2.06. The van der Waals surface area contributed by atoms with E-state index in [-0.39, 0.29) is 5.91 Å². The average Bonchev–Trinajstić information content (AvgIpc) is 2.44. The van der Waals surface area contributed by atoms with Crippen molar-refractivity contribution in [3.05, 3.63) is 58.8 Å². The highest BCUT2D eigenvalue weighted by atomic mass is 79.9. The van der Waals surface area contributed by atoms with Crippen molar-refractivity contribution in [2.75, 3.05) is 12.3 Å². The standard InChI is InChI=1S/C14H13BrN2OS/c15-13-8-4-7-12(17-13)14(18)16-9-10-19-11-5-2-1-3-6-11/h1-8H,9-10H2,(H,16,18). The Kier molecular flexibility index (Phi) is 5.42. The number of nitrogens with one attached hydrogen (secondary N) is 1. The minimum Gasteiger partial charge on any atom is -0.350 e. The quantitative estimate of drug-likeness (QED) is 0.517. The van der Waals surface area contributed by atoms with E-state index in [9.17, 15) is 4.79 Å². The molecule has 3 nitrogen and oxygen atoms in total. The third-order valence-electron chi connectivity index (χ3n) is 2.35. The van der Waals surface area contributed by atoms with Crippen LogP contribution in [0.25, 0.3) is 0 Å². The molecule has 1 aromatic heterocycles. The monoisotopic (exact) mass is 336 g/mol. The van der Waals surface area contributed by atoms with E-state index in [1.807, 2.05) is 18.2 Å². The summed E-state index contributed by atoms with van der Waals surface area (Å²) in [5.74, 6) is 0.694. The summed E-state index contributed by atoms with van der Waals surface area (Å²) < 4.78 is 0.666. The molecule has 0 fully saturated rings. The Hall–Kier alpha value is -1.33. The van der Waals surface area contributed by atoms with Crippen molar-refractivity contribution >= 4 is 33.6 Å². The summed E-state index contributed by atoms with van der Waals surface area (Å²) >= 11 is 4.96. The molecular formula is C14H13BrN2OS. The Morgan fingerprint density at radius 2 is 1.95 bits per heavy atom. The number of hydrogen-bond acceptors (Lipinski definition) is 3. The van der Waals surface area contributed by atoms with Crippen LogP contribution in [0, 0.1) is 0 Å². The van der Waals surface area contributed by atoms with Gasteiger partial charge in [-0.25, -0.2) is 4.98 Å². The molecule has 0 aliphatic heterocycles. The number of hydrogen-bond donors (Lipinski definition) is 1. The van der Waals surface area contributed by atoms with Gasteiger partial charge in [-0.2, -0.15) is 0 Å². The molecule has 0 spiro atoms. The Bertz CT molecular complexity index is 548. The summed E-state index contributed by atoms with van der Waals surface area (Å²) in [4.78, 5) is 17.1. The van der Waals surface area contributed by atoms with Gasteiger partial charge in [0.2, 0.25) is 0 Å². The van der Waals surface area contributed by atoms with Crippen molar-refractivity contribution in [2.45, 2.75) is 4.90 Å². The van der Waals surface area contributed by atoms with Gasteiger partial charge in [0.15, 0.2) is 0 Å². The van der Waals surface area contributed by atoms with Gasteiger partial charge >= 0.3 is 0 Å². The summed E-state index contributed by atoms with van der Waals surface area (Å²) in [6.07, 6.45) is 0. The van der Waals surface area contributed by atoms with Crippen molar-refractivity contribution in [1.29, 1.82) is 0 Å². The van der Waals surface area contributed by atoms with E-state index >= 15 is 0 Å². The molecule has 0 atom stereocenters. The minimum absolute atomic E-state index is 0.144. The zero-order valence-corrected chi connectivity index (χ0v) is 12.6. The SMILES string of the molecule is O=C(NCCSc1ccccc1)c1cccc(Br)n1. The zero-order valence-electron chi connectivity index (χ0n) is 10.2. The summed E-state index contributed by atoms with van der Waals surface area (Å²) in [6, 6.07) is 15.4. The van der Waals surface area contributed by atoms with Gasteiger partial charge in [-0.3, -0.25) is 4.79 Å². The maximum atomic E-state index is 11.8. The van der Waals surface area contributed by atoms with Crippen molar-refractivity contribution < 1.29 is 4.79 Å². The highest BCUT2D eigenvalue weighted by molar-refractivity contribution is 9.10. The van der Waals surface area contributed by atoms with Gasteiger partial charge in [-0.05, 0) is 40.2 Å².